The lowest BCUT2D eigenvalue weighted by molar-refractivity contribution is -0.140. The molecule has 0 saturated carbocycles. The third-order valence-corrected chi connectivity index (χ3v) is 7.28. The third-order valence-electron chi connectivity index (χ3n) is 6.03. The molecule has 1 atom stereocenters. The molecule has 0 bridgehead atoms. The van der Waals surface area contributed by atoms with E-state index in [9.17, 15) is 9.18 Å². The van der Waals surface area contributed by atoms with E-state index in [1.54, 1.807) is 13.0 Å². The van der Waals surface area contributed by atoms with Crippen LogP contribution in [0, 0.1) is 11.7 Å². The molecule has 0 aliphatic heterocycles. The maximum Gasteiger partial charge on any atom is 0.307 e. The lowest BCUT2D eigenvalue weighted by atomic mass is 9.98. The summed E-state index contributed by atoms with van der Waals surface area (Å²) in [5.74, 6) is -0.683. The minimum atomic E-state index is -0.833. The van der Waals surface area contributed by atoms with Crippen LogP contribution in [0.3, 0.4) is 0 Å². The predicted molar refractivity (Wildman–Crippen MR) is 138 cm³/mol. The Balaban J connectivity index is 1.41. The summed E-state index contributed by atoms with van der Waals surface area (Å²) in [6.45, 7) is 1.66. The van der Waals surface area contributed by atoms with E-state index >= 15 is 0 Å². The van der Waals surface area contributed by atoms with Gasteiger partial charge in [0.25, 0.3) is 0 Å². The molecule has 5 heteroatoms. The second kappa shape index (κ2) is 9.35. The zero-order chi connectivity index (χ0) is 23.7. The number of benzene rings is 4. The summed E-state index contributed by atoms with van der Waals surface area (Å²) in [5, 5.41) is 11.2. The van der Waals surface area contributed by atoms with Crippen LogP contribution in [0.5, 0.6) is 0 Å². The molecule has 0 amide bonds. The van der Waals surface area contributed by atoms with Crippen LogP contribution in [0.2, 0.25) is 0 Å². The summed E-state index contributed by atoms with van der Waals surface area (Å²) >= 11 is 1.43. The Morgan fingerprint density at radius 3 is 2.41 bits per heavy atom. The highest BCUT2D eigenvalue weighted by Crippen LogP contribution is 2.36. The Morgan fingerprint density at radius 2 is 1.62 bits per heavy atom. The number of hydrogen-bond acceptors (Lipinski definition) is 3. The van der Waals surface area contributed by atoms with Gasteiger partial charge in [-0.2, -0.15) is 11.8 Å². The van der Waals surface area contributed by atoms with Gasteiger partial charge < -0.3 is 9.52 Å². The fourth-order valence-electron chi connectivity index (χ4n) is 4.10. The molecule has 1 aromatic heterocycles. The van der Waals surface area contributed by atoms with Crippen LogP contribution in [0.1, 0.15) is 12.5 Å². The first kappa shape index (κ1) is 22.2. The number of para-hydroxylation sites is 2. The van der Waals surface area contributed by atoms with E-state index < -0.39 is 11.9 Å². The monoisotopic (exact) mass is 470 g/mol. The molecule has 5 rings (SSSR count). The fourth-order valence-corrected chi connectivity index (χ4v) is 5.15. The number of hydrogen-bond donors (Lipinski definition) is 1. The van der Waals surface area contributed by atoms with E-state index in [2.05, 4.69) is 30.3 Å². The van der Waals surface area contributed by atoms with Gasteiger partial charge in [-0.05, 0) is 40.5 Å². The Morgan fingerprint density at radius 1 is 0.912 bits per heavy atom. The predicted octanol–water partition coefficient (Wildman–Crippen LogP) is 8.01. The lowest BCUT2D eigenvalue weighted by Gasteiger charge is -2.10. The van der Waals surface area contributed by atoms with Gasteiger partial charge >= 0.3 is 5.97 Å². The first-order valence-corrected chi connectivity index (χ1v) is 12.3. The van der Waals surface area contributed by atoms with E-state index in [0.717, 1.165) is 44.2 Å². The summed E-state index contributed by atoms with van der Waals surface area (Å²) in [5.41, 5.74) is 6.32. The molecule has 0 radical (unpaired) electrons. The van der Waals surface area contributed by atoms with Gasteiger partial charge in [-0.3, -0.25) is 4.79 Å². The number of rotatable bonds is 7. The van der Waals surface area contributed by atoms with Crippen LogP contribution < -0.4 is 0 Å². The maximum absolute atomic E-state index is 14.3. The highest BCUT2D eigenvalue weighted by Gasteiger charge is 2.14. The Labute approximate surface area is 201 Å². The number of halogens is 1. The highest BCUT2D eigenvalue weighted by molar-refractivity contribution is 7.98. The van der Waals surface area contributed by atoms with Crippen molar-refractivity contribution in [2.45, 2.75) is 12.7 Å². The molecule has 1 unspecified atom stereocenters. The second-order valence-corrected chi connectivity index (χ2v) is 9.45. The SMILES string of the molecule is CC(CSCc1cc(-c2ccc(-c3cccc4c3oc3ccccc34)cc2)ccc1F)C(=O)O. The van der Waals surface area contributed by atoms with Crippen molar-refractivity contribution in [2.24, 2.45) is 5.92 Å². The van der Waals surface area contributed by atoms with Gasteiger partial charge in [0.1, 0.15) is 17.0 Å². The zero-order valence-electron chi connectivity index (χ0n) is 18.6. The van der Waals surface area contributed by atoms with Crippen molar-refractivity contribution in [3.8, 4) is 22.3 Å². The Hall–Kier alpha value is -3.57. The minimum absolute atomic E-state index is 0.271. The number of carbonyl (C=O) groups is 1. The van der Waals surface area contributed by atoms with Crippen molar-refractivity contribution in [3.05, 3.63) is 96.3 Å². The summed E-state index contributed by atoms with van der Waals surface area (Å²) in [6.07, 6.45) is 0. The average Bonchev–Trinajstić information content (AvgIpc) is 3.24. The molecule has 0 spiro atoms. The zero-order valence-corrected chi connectivity index (χ0v) is 19.4. The van der Waals surface area contributed by atoms with E-state index in [-0.39, 0.29) is 5.82 Å². The molecular weight excluding hydrogens is 447 g/mol. The van der Waals surface area contributed by atoms with Gasteiger partial charge in [-0.25, -0.2) is 4.39 Å². The van der Waals surface area contributed by atoms with Crippen LogP contribution in [-0.4, -0.2) is 16.8 Å². The molecule has 34 heavy (non-hydrogen) atoms. The smallest absolute Gasteiger partial charge is 0.307 e. The summed E-state index contributed by atoms with van der Waals surface area (Å²) < 4.78 is 20.5. The summed E-state index contributed by atoms with van der Waals surface area (Å²) in [7, 11) is 0. The van der Waals surface area contributed by atoms with Crippen molar-refractivity contribution >= 4 is 39.7 Å². The molecule has 0 aliphatic carbocycles. The van der Waals surface area contributed by atoms with Crippen LogP contribution in [0.15, 0.2) is 89.3 Å². The van der Waals surface area contributed by atoms with Crippen molar-refractivity contribution in [2.75, 3.05) is 5.75 Å². The molecular formula is C29H23FO3S. The van der Waals surface area contributed by atoms with E-state index in [4.69, 9.17) is 9.52 Å². The van der Waals surface area contributed by atoms with Gasteiger partial charge in [0.15, 0.2) is 0 Å². The first-order valence-electron chi connectivity index (χ1n) is 11.1. The highest BCUT2D eigenvalue weighted by atomic mass is 32.2. The standard InChI is InChI=1S/C29H23FO3S/c1-18(29(31)32)16-34-17-22-15-21(13-14-26(22)30)19-9-11-20(12-10-19)23-6-4-7-25-24-5-2-3-8-27(24)33-28(23)25/h2-15,18H,16-17H2,1H3,(H,31,32). The van der Waals surface area contributed by atoms with Crippen molar-refractivity contribution in [3.63, 3.8) is 0 Å². The number of carboxylic acids is 1. The van der Waals surface area contributed by atoms with Gasteiger partial charge in [-0.1, -0.05) is 73.7 Å². The second-order valence-electron chi connectivity index (χ2n) is 8.42. The average molecular weight is 471 g/mol. The normalized spacial score (nSPS) is 12.3. The molecule has 0 fully saturated rings. The van der Waals surface area contributed by atoms with Crippen LogP contribution >= 0.6 is 11.8 Å². The van der Waals surface area contributed by atoms with E-state index in [0.29, 0.717) is 17.1 Å². The van der Waals surface area contributed by atoms with E-state index in [1.165, 1.54) is 17.8 Å². The lowest BCUT2D eigenvalue weighted by Crippen LogP contribution is -2.11. The number of fused-ring (bicyclic) bond motifs is 3. The summed E-state index contributed by atoms with van der Waals surface area (Å²) in [6, 6.07) is 27.5. The molecule has 3 nitrogen and oxygen atoms in total. The first-order chi connectivity index (χ1) is 16.5. The van der Waals surface area contributed by atoms with E-state index in [1.807, 2.05) is 42.5 Å². The number of furan rings is 1. The summed E-state index contributed by atoms with van der Waals surface area (Å²) in [4.78, 5) is 11.0. The van der Waals surface area contributed by atoms with Crippen LogP contribution in [0.25, 0.3) is 44.2 Å². The minimum Gasteiger partial charge on any atom is -0.481 e. The third kappa shape index (κ3) is 4.31. The fraction of sp³-hybridized carbons (Fsp3) is 0.138. The Kier molecular flexibility index (Phi) is 6.12. The molecule has 4 aromatic carbocycles. The number of aliphatic carboxylic acids is 1. The molecule has 1 heterocycles. The number of thioether (sulfide) groups is 1. The maximum atomic E-state index is 14.3. The molecule has 0 aliphatic rings. The van der Waals surface area contributed by atoms with Crippen molar-refractivity contribution in [1.82, 2.24) is 0 Å². The van der Waals surface area contributed by atoms with Crippen molar-refractivity contribution in [1.29, 1.82) is 0 Å². The molecule has 5 aromatic rings. The largest absolute Gasteiger partial charge is 0.481 e. The molecule has 1 N–H and O–H groups in total. The van der Waals surface area contributed by atoms with Gasteiger partial charge in [-0.15, -0.1) is 0 Å². The molecule has 0 saturated heterocycles. The topological polar surface area (TPSA) is 50.4 Å². The number of carboxylic acid groups (broad SMARTS) is 1. The van der Waals surface area contributed by atoms with Crippen LogP contribution in [0.4, 0.5) is 4.39 Å². The molecule has 170 valence electrons. The quantitative estimate of drug-likeness (QED) is 0.262. The van der Waals surface area contributed by atoms with Crippen LogP contribution in [-0.2, 0) is 10.5 Å². The van der Waals surface area contributed by atoms with Crippen molar-refractivity contribution < 1.29 is 18.7 Å². The Bertz CT molecular complexity index is 1490. The van der Waals surface area contributed by atoms with Gasteiger partial charge in [0, 0.05) is 27.8 Å². The van der Waals surface area contributed by atoms with Gasteiger partial charge in [0.05, 0.1) is 5.92 Å². The van der Waals surface area contributed by atoms with Gasteiger partial charge in [0.2, 0.25) is 0 Å².